The van der Waals surface area contributed by atoms with Crippen molar-refractivity contribution in [2.75, 3.05) is 18.7 Å². The molecule has 0 bridgehead atoms. The lowest BCUT2D eigenvalue weighted by Crippen LogP contribution is -2.30. The summed E-state index contributed by atoms with van der Waals surface area (Å²) < 4.78 is 30.8. The molecule has 0 aliphatic carbocycles. The standard InChI is InChI=1S/C17H19ClN2O4S/c1-24-15-9-7-14(8-10-15)19-17(21)11-16(20-25(2,22)23)12-3-5-13(18)6-4-12/h3-10,16,20H,11H2,1-2H3,(H,19,21)/t16-/m0/s1. The molecule has 0 heterocycles. The van der Waals surface area contributed by atoms with Gasteiger partial charge in [0, 0.05) is 17.1 Å². The Bertz CT molecular complexity index is 821. The first-order chi connectivity index (χ1) is 11.8. The van der Waals surface area contributed by atoms with Crippen LogP contribution in [0.25, 0.3) is 0 Å². The Morgan fingerprint density at radius 2 is 1.72 bits per heavy atom. The van der Waals surface area contributed by atoms with Gasteiger partial charge in [-0.1, -0.05) is 23.7 Å². The fourth-order valence-electron chi connectivity index (χ4n) is 2.25. The van der Waals surface area contributed by atoms with Gasteiger partial charge in [-0.2, -0.15) is 0 Å². The van der Waals surface area contributed by atoms with E-state index in [1.54, 1.807) is 55.6 Å². The number of anilines is 1. The summed E-state index contributed by atoms with van der Waals surface area (Å²) in [6.07, 6.45) is 0.998. The van der Waals surface area contributed by atoms with E-state index in [1.165, 1.54) is 0 Å². The largest absolute Gasteiger partial charge is 0.497 e. The van der Waals surface area contributed by atoms with Crippen LogP contribution in [0.1, 0.15) is 18.0 Å². The molecule has 0 unspecified atom stereocenters. The summed E-state index contributed by atoms with van der Waals surface area (Å²) in [4.78, 5) is 12.3. The van der Waals surface area contributed by atoms with Crippen LogP contribution in [0.15, 0.2) is 48.5 Å². The van der Waals surface area contributed by atoms with Gasteiger partial charge in [0.05, 0.1) is 19.4 Å². The highest BCUT2D eigenvalue weighted by atomic mass is 35.5. The summed E-state index contributed by atoms with van der Waals surface area (Å²) in [5.41, 5.74) is 1.25. The number of benzene rings is 2. The molecular weight excluding hydrogens is 364 g/mol. The first-order valence-corrected chi connectivity index (χ1v) is 9.70. The van der Waals surface area contributed by atoms with Crippen molar-refractivity contribution in [1.29, 1.82) is 0 Å². The topological polar surface area (TPSA) is 84.5 Å². The molecular formula is C17H19ClN2O4S. The van der Waals surface area contributed by atoms with Gasteiger partial charge in [-0.3, -0.25) is 4.79 Å². The van der Waals surface area contributed by atoms with Crippen LogP contribution in [-0.4, -0.2) is 27.7 Å². The predicted octanol–water partition coefficient (Wildman–Crippen LogP) is 2.97. The van der Waals surface area contributed by atoms with Gasteiger partial charge in [0.2, 0.25) is 15.9 Å². The Hall–Kier alpha value is -2.09. The van der Waals surface area contributed by atoms with Crippen molar-refractivity contribution in [2.24, 2.45) is 0 Å². The second kappa shape index (κ2) is 8.33. The van der Waals surface area contributed by atoms with Gasteiger partial charge in [-0.25, -0.2) is 13.1 Å². The van der Waals surface area contributed by atoms with Crippen molar-refractivity contribution in [3.05, 3.63) is 59.1 Å². The molecule has 0 fully saturated rings. The van der Waals surface area contributed by atoms with E-state index in [2.05, 4.69) is 10.0 Å². The maximum Gasteiger partial charge on any atom is 0.226 e. The van der Waals surface area contributed by atoms with E-state index >= 15 is 0 Å². The van der Waals surface area contributed by atoms with Crippen LogP contribution < -0.4 is 14.8 Å². The van der Waals surface area contributed by atoms with Crippen LogP contribution in [0.2, 0.25) is 5.02 Å². The van der Waals surface area contributed by atoms with Crippen LogP contribution in [0.4, 0.5) is 5.69 Å². The Labute approximate surface area is 152 Å². The lowest BCUT2D eigenvalue weighted by atomic mass is 10.0. The number of hydrogen-bond donors (Lipinski definition) is 2. The zero-order valence-electron chi connectivity index (χ0n) is 13.8. The SMILES string of the molecule is COc1ccc(NC(=O)C[C@H](NS(C)(=O)=O)c2ccc(Cl)cc2)cc1. The fourth-order valence-corrected chi connectivity index (χ4v) is 3.12. The normalized spacial score (nSPS) is 12.4. The number of halogens is 1. The average Bonchev–Trinajstić information content (AvgIpc) is 2.54. The van der Waals surface area contributed by atoms with Crippen LogP contribution in [0, 0.1) is 0 Å². The summed E-state index contributed by atoms with van der Waals surface area (Å²) in [5, 5.41) is 3.27. The highest BCUT2D eigenvalue weighted by molar-refractivity contribution is 7.88. The molecule has 0 aliphatic rings. The Morgan fingerprint density at radius 1 is 1.12 bits per heavy atom. The molecule has 25 heavy (non-hydrogen) atoms. The van der Waals surface area contributed by atoms with Crippen molar-refractivity contribution < 1.29 is 17.9 Å². The molecule has 2 aromatic rings. The third kappa shape index (κ3) is 6.38. The number of hydrogen-bond acceptors (Lipinski definition) is 4. The van der Waals surface area contributed by atoms with Gasteiger partial charge in [0.1, 0.15) is 5.75 Å². The minimum Gasteiger partial charge on any atom is -0.497 e. The van der Waals surface area contributed by atoms with Crippen molar-refractivity contribution in [1.82, 2.24) is 4.72 Å². The molecule has 6 nitrogen and oxygen atoms in total. The number of ether oxygens (including phenoxy) is 1. The van der Waals surface area contributed by atoms with E-state index in [4.69, 9.17) is 16.3 Å². The second-order valence-corrected chi connectivity index (χ2v) is 7.69. The Kier molecular flexibility index (Phi) is 6.41. The first-order valence-electron chi connectivity index (χ1n) is 7.43. The number of methoxy groups -OCH3 is 1. The van der Waals surface area contributed by atoms with Crippen molar-refractivity contribution in [2.45, 2.75) is 12.5 Å². The van der Waals surface area contributed by atoms with Crippen molar-refractivity contribution in [3.8, 4) is 5.75 Å². The number of nitrogens with one attached hydrogen (secondary N) is 2. The molecule has 2 N–H and O–H groups in total. The zero-order valence-corrected chi connectivity index (χ0v) is 15.4. The maximum absolute atomic E-state index is 12.3. The lowest BCUT2D eigenvalue weighted by molar-refractivity contribution is -0.116. The fraction of sp³-hybridized carbons (Fsp3) is 0.235. The molecule has 134 valence electrons. The second-order valence-electron chi connectivity index (χ2n) is 5.47. The molecule has 2 aromatic carbocycles. The van der Waals surface area contributed by atoms with E-state index < -0.39 is 16.1 Å². The third-order valence-corrected chi connectivity index (χ3v) is 4.36. The van der Waals surface area contributed by atoms with Gasteiger partial charge in [-0.05, 0) is 42.0 Å². The summed E-state index contributed by atoms with van der Waals surface area (Å²) in [6.45, 7) is 0. The van der Waals surface area contributed by atoms with Crippen molar-refractivity contribution >= 4 is 33.2 Å². The number of amides is 1. The van der Waals surface area contributed by atoms with Crippen LogP contribution >= 0.6 is 11.6 Å². The average molecular weight is 383 g/mol. The number of carbonyl (C=O) groups excluding carboxylic acids is 1. The molecule has 2 rings (SSSR count). The van der Waals surface area contributed by atoms with Gasteiger partial charge < -0.3 is 10.1 Å². The van der Waals surface area contributed by atoms with Crippen LogP contribution in [-0.2, 0) is 14.8 Å². The summed E-state index contributed by atoms with van der Waals surface area (Å²) in [7, 11) is -1.93. The third-order valence-electron chi connectivity index (χ3n) is 3.39. The minimum atomic E-state index is -3.49. The van der Waals surface area contributed by atoms with E-state index in [1.807, 2.05) is 0 Å². The summed E-state index contributed by atoms with van der Waals surface area (Å²) in [5.74, 6) is 0.358. The molecule has 8 heteroatoms. The molecule has 1 atom stereocenters. The molecule has 0 aliphatic heterocycles. The Balaban J connectivity index is 2.11. The van der Waals surface area contributed by atoms with Gasteiger partial charge >= 0.3 is 0 Å². The monoisotopic (exact) mass is 382 g/mol. The van der Waals surface area contributed by atoms with E-state index in [9.17, 15) is 13.2 Å². The number of carbonyl (C=O) groups is 1. The minimum absolute atomic E-state index is 0.0548. The predicted molar refractivity (Wildman–Crippen MR) is 98.4 cm³/mol. The smallest absolute Gasteiger partial charge is 0.226 e. The zero-order chi connectivity index (χ0) is 18.4. The van der Waals surface area contributed by atoms with Crippen LogP contribution in [0.3, 0.4) is 0 Å². The van der Waals surface area contributed by atoms with Gasteiger partial charge in [0.25, 0.3) is 0 Å². The number of rotatable bonds is 7. The maximum atomic E-state index is 12.3. The molecule has 0 radical (unpaired) electrons. The van der Waals surface area contributed by atoms with Crippen LogP contribution in [0.5, 0.6) is 5.75 Å². The molecule has 0 spiro atoms. The molecule has 0 aromatic heterocycles. The molecule has 0 saturated carbocycles. The van der Waals surface area contributed by atoms with Gasteiger partial charge in [-0.15, -0.1) is 0 Å². The van der Waals surface area contributed by atoms with E-state index in [0.29, 0.717) is 22.0 Å². The first kappa shape index (κ1) is 19.2. The summed E-state index contributed by atoms with van der Waals surface area (Å²) >= 11 is 5.86. The summed E-state index contributed by atoms with van der Waals surface area (Å²) in [6, 6.07) is 12.8. The van der Waals surface area contributed by atoms with Gasteiger partial charge in [0.15, 0.2) is 0 Å². The molecule has 1 amide bonds. The van der Waals surface area contributed by atoms with Crippen molar-refractivity contribution in [3.63, 3.8) is 0 Å². The molecule has 0 saturated heterocycles. The number of sulfonamides is 1. The van der Waals surface area contributed by atoms with E-state index in [-0.39, 0.29) is 12.3 Å². The highest BCUT2D eigenvalue weighted by Crippen LogP contribution is 2.22. The Morgan fingerprint density at radius 3 is 2.24 bits per heavy atom. The van der Waals surface area contributed by atoms with E-state index in [0.717, 1.165) is 6.26 Å². The quantitative estimate of drug-likeness (QED) is 0.771. The highest BCUT2D eigenvalue weighted by Gasteiger charge is 2.20. The lowest BCUT2D eigenvalue weighted by Gasteiger charge is -2.18.